The lowest BCUT2D eigenvalue weighted by atomic mass is 10.2. The van der Waals surface area contributed by atoms with Crippen molar-refractivity contribution in [3.8, 4) is 11.5 Å². The van der Waals surface area contributed by atoms with Crippen molar-refractivity contribution in [3.63, 3.8) is 0 Å². The quantitative estimate of drug-likeness (QED) is 0.773. The SMILES string of the molecule is COc1ccc(CNC(=O)C(=O)NCc2ccccn2)cc1OC. The molecule has 0 aliphatic rings. The standard InChI is InChI=1S/C17H19N3O4/c1-23-14-7-6-12(9-15(14)24-2)10-19-16(21)17(22)20-11-13-5-3-4-8-18-13/h3-9H,10-11H2,1-2H3,(H,19,21)(H,20,22). The van der Waals surface area contributed by atoms with Crippen LogP contribution in [0.15, 0.2) is 42.6 Å². The second-order valence-corrected chi connectivity index (χ2v) is 4.88. The van der Waals surface area contributed by atoms with Gasteiger partial charge in [-0.3, -0.25) is 14.6 Å². The van der Waals surface area contributed by atoms with Gasteiger partial charge in [-0.2, -0.15) is 0 Å². The van der Waals surface area contributed by atoms with Crippen LogP contribution >= 0.6 is 0 Å². The third-order valence-corrected chi connectivity index (χ3v) is 3.26. The molecule has 0 aliphatic heterocycles. The molecule has 0 spiro atoms. The molecule has 2 N–H and O–H groups in total. The summed E-state index contributed by atoms with van der Waals surface area (Å²) in [6.07, 6.45) is 1.62. The van der Waals surface area contributed by atoms with E-state index in [2.05, 4.69) is 15.6 Å². The third kappa shape index (κ3) is 4.70. The first-order chi connectivity index (χ1) is 11.6. The molecule has 0 bridgehead atoms. The summed E-state index contributed by atoms with van der Waals surface area (Å²) in [7, 11) is 3.08. The molecule has 0 fully saturated rings. The number of benzene rings is 1. The highest BCUT2D eigenvalue weighted by molar-refractivity contribution is 6.35. The molecule has 0 radical (unpaired) electrons. The van der Waals surface area contributed by atoms with E-state index in [0.717, 1.165) is 5.56 Å². The molecule has 7 nitrogen and oxygen atoms in total. The fourth-order valence-corrected chi connectivity index (χ4v) is 2.01. The summed E-state index contributed by atoms with van der Waals surface area (Å²) in [5.41, 5.74) is 1.47. The maximum atomic E-state index is 11.8. The molecule has 1 aromatic heterocycles. The van der Waals surface area contributed by atoms with Crippen LogP contribution in [0.1, 0.15) is 11.3 Å². The number of carbonyl (C=O) groups is 2. The molecule has 0 aliphatic carbocycles. The van der Waals surface area contributed by atoms with E-state index < -0.39 is 11.8 Å². The van der Waals surface area contributed by atoms with Crippen LogP contribution in [0.25, 0.3) is 0 Å². The number of nitrogens with zero attached hydrogens (tertiary/aromatic N) is 1. The van der Waals surface area contributed by atoms with Gasteiger partial charge in [0.15, 0.2) is 11.5 Å². The third-order valence-electron chi connectivity index (χ3n) is 3.26. The van der Waals surface area contributed by atoms with Crippen molar-refractivity contribution in [2.75, 3.05) is 14.2 Å². The van der Waals surface area contributed by atoms with Crippen molar-refractivity contribution in [2.45, 2.75) is 13.1 Å². The first-order valence-corrected chi connectivity index (χ1v) is 7.31. The monoisotopic (exact) mass is 329 g/mol. The first-order valence-electron chi connectivity index (χ1n) is 7.31. The minimum Gasteiger partial charge on any atom is -0.493 e. The molecule has 0 saturated carbocycles. The molecule has 1 heterocycles. The van der Waals surface area contributed by atoms with Gasteiger partial charge in [0.25, 0.3) is 0 Å². The largest absolute Gasteiger partial charge is 0.493 e. The van der Waals surface area contributed by atoms with Crippen molar-refractivity contribution in [1.29, 1.82) is 0 Å². The van der Waals surface area contributed by atoms with Crippen LogP contribution in [0.3, 0.4) is 0 Å². The normalized spacial score (nSPS) is 9.92. The molecule has 0 atom stereocenters. The summed E-state index contributed by atoms with van der Waals surface area (Å²) in [5, 5.41) is 5.07. The summed E-state index contributed by atoms with van der Waals surface area (Å²) >= 11 is 0. The van der Waals surface area contributed by atoms with E-state index in [4.69, 9.17) is 9.47 Å². The van der Waals surface area contributed by atoms with E-state index in [1.54, 1.807) is 43.6 Å². The zero-order valence-corrected chi connectivity index (χ0v) is 13.5. The lowest BCUT2D eigenvalue weighted by Gasteiger charge is -2.10. The predicted molar refractivity (Wildman–Crippen MR) is 87.5 cm³/mol. The van der Waals surface area contributed by atoms with Gasteiger partial charge in [0, 0.05) is 12.7 Å². The number of methoxy groups -OCH3 is 2. The minimum absolute atomic E-state index is 0.198. The molecule has 0 saturated heterocycles. The van der Waals surface area contributed by atoms with Gasteiger partial charge in [0.05, 0.1) is 26.5 Å². The highest BCUT2D eigenvalue weighted by atomic mass is 16.5. The van der Waals surface area contributed by atoms with E-state index in [1.807, 2.05) is 6.07 Å². The molecule has 2 aromatic rings. The summed E-state index contributed by atoms with van der Waals surface area (Å²) < 4.78 is 10.3. The molecular formula is C17H19N3O4. The number of hydrogen-bond acceptors (Lipinski definition) is 5. The van der Waals surface area contributed by atoms with Crippen molar-refractivity contribution >= 4 is 11.8 Å². The lowest BCUT2D eigenvalue weighted by Crippen LogP contribution is -2.39. The molecule has 7 heteroatoms. The van der Waals surface area contributed by atoms with Gasteiger partial charge >= 0.3 is 11.8 Å². The number of carbonyl (C=O) groups excluding carboxylic acids is 2. The van der Waals surface area contributed by atoms with E-state index in [0.29, 0.717) is 17.2 Å². The Morgan fingerprint density at radius 1 is 0.958 bits per heavy atom. The topological polar surface area (TPSA) is 89.5 Å². The lowest BCUT2D eigenvalue weighted by molar-refractivity contribution is -0.139. The maximum absolute atomic E-state index is 11.8. The second kappa shape index (κ2) is 8.52. The number of hydrogen-bond donors (Lipinski definition) is 2. The van der Waals surface area contributed by atoms with Crippen molar-refractivity contribution in [1.82, 2.24) is 15.6 Å². The summed E-state index contributed by atoms with van der Waals surface area (Å²) in [5.74, 6) is -0.258. The average molecular weight is 329 g/mol. The van der Waals surface area contributed by atoms with Crippen LogP contribution in [0.4, 0.5) is 0 Å². The van der Waals surface area contributed by atoms with E-state index in [-0.39, 0.29) is 13.1 Å². The van der Waals surface area contributed by atoms with Crippen LogP contribution in [-0.2, 0) is 22.7 Å². The fourth-order valence-electron chi connectivity index (χ4n) is 2.01. The summed E-state index contributed by atoms with van der Waals surface area (Å²) in [6.45, 7) is 0.402. The van der Waals surface area contributed by atoms with Gasteiger partial charge in [0.1, 0.15) is 0 Å². The van der Waals surface area contributed by atoms with Crippen molar-refractivity contribution in [3.05, 3.63) is 53.9 Å². The fraction of sp³-hybridized carbons (Fsp3) is 0.235. The number of amides is 2. The Hall–Kier alpha value is -3.09. The highest BCUT2D eigenvalue weighted by Crippen LogP contribution is 2.27. The Bertz CT molecular complexity index is 704. The molecular weight excluding hydrogens is 310 g/mol. The Morgan fingerprint density at radius 2 is 1.67 bits per heavy atom. The van der Waals surface area contributed by atoms with E-state index >= 15 is 0 Å². The van der Waals surface area contributed by atoms with Crippen molar-refractivity contribution < 1.29 is 19.1 Å². The van der Waals surface area contributed by atoms with Gasteiger partial charge in [-0.05, 0) is 29.8 Å². The first kappa shape index (κ1) is 17.3. The highest BCUT2D eigenvalue weighted by Gasteiger charge is 2.13. The predicted octanol–water partition coefficient (Wildman–Crippen LogP) is 1.03. The smallest absolute Gasteiger partial charge is 0.309 e. The van der Waals surface area contributed by atoms with Gasteiger partial charge in [-0.25, -0.2) is 0 Å². The number of pyridine rings is 1. The summed E-state index contributed by atoms with van der Waals surface area (Å²) in [6, 6.07) is 10.6. The van der Waals surface area contributed by atoms with Crippen molar-refractivity contribution in [2.24, 2.45) is 0 Å². The Balaban J connectivity index is 1.85. The van der Waals surface area contributed by atoms with Crippen LogP contribution < -0.4 is 20.1 Å². The second-order valence-electron chi connectivity index (χ2n) is 4.88. The Kier molecular flexibility index (Phi) is 6.13. The van der Waals surface area contributed by atoms with Gasteiger partial charge in [-0.1, -0.05) is 12.1 Å². The molecule has 2 rings (SSSR count). The zero-order valence-electron chi connectivity index (χ0n) is 13.5. The minimum atomic E-state index is -0.708. The number of nitrogens with one attached hydrogen (secondary N) is 2. The number of rotatable bonds is 6. The summed E-state index contributed by atoms with van der Waals surface area (Å²) in [4.78, 5) is 27.6. The van der Waals surface area contributed by atoms with Gasteiger partial charge in [-0.15, -0.1) is 0 Å². The average Bonchev–Trinajstić information content (AvgIpc) is 2.64. The molecule has 0 unspecified atom stereocenters. The van der Waals surface area contributed by atoms with Gasteiger partial charge in [0.2, 0.25) is 0 Å². The van der Waals surface area contributed by atoms with Gasteiger partial charge < -0.3 is 20.1 Å². The zero-order chi connectivity index (χ0) is 17.4. The molecule has 126 valence electrons. The van der Waals surface area contributed by atoms with Crippen LogP contribution in [-0.4, -0.2) is 31.0 Å². The van der Waals surface area contributed by atoms with E-state index in [1.165, 1.54) is 7.11 Å². The Labute approximate surface area is 140 Å². The number of ether oxygens (including phenoxy) is 2. The number of aromatic nitrogens is 1. The van der Waals surface area contributed by atoms with Crippen LogP contribution in [0.2, 0.25) is 0 Å². The Morgan fingerprint density at radius 3 is 2.29 bits per heavy atom. The van der Waals surface area contributed by atoms with Crippen LogP contribution in [0, 0.1) is 0 Å². The maximum Gasteiger partial charge on any atom is 0.309 e. The molecule has 2 amide bonds. The van der Waals surface area contributed by atoms with Crippen LogP contribution in [0.5, 0.6) is 11.5 Å². The van der Waals surface area contributed by atoms with E-state index in [9.17, 15) is 9.59 Å². The molecule has 1 aromatic carbocycles. The molecule has 24 heavy (non-hydrogen) atoms.